The largest absolute Gasteiger partial charge is 0.387 e. The molecule has 0 aliphatic carbocycles. The molecule has 2 aliphatic heterocycles. The average molecular weight is 347 g/mol. The Morgan fingerprint density at radius 2 is 2.00 bits per heavy atom. The van der Waals surface area contributed by atoms with Crippen LogP contribution >= 0.6 is 0 Å². The van der Waals surface area contributed by atoms with E-state index in [9.17, 15) is 9.90 Å². The molecule has 1 aromatic heterocycles. The van der Waals surface area contributed by atoms with Crippen LogP contribution in [0.5, 0.6) is 0 Å². The van der Waals surface area contributed by atoms with Crippen LogP contribution in [0.25, 0.3) is 0 Å². The number of β-amino-alcohol motifs (C(OH)–C–C–N with tert-alkyl or cyclic N) is 1. The Morgan fingerprint density at radius 1 is 1.28 bits per heavy atom. The number of amides is 1. The maximum atomic E-state index is 12.8. The van der Waals surface area contributed by atoms with Gasteiger partial charge >= 0.3 is 0 Å². The van der Waals surface area contributed by atoms with E-state index in [0.29, 0.717) is 25.1 Å². The van der Waals surface area contributed by atoms with Crippen LogP contribution in [0.3, 0.4) is 0 Å². The normalized spacial score (nSPS) is 25.0. The third-order valence-electron chi connectivity index (χ3n) is 5.05. The number of nitrogens with zero attached hydrogens (tertiary/aromatic N) is 5. The van der Waals surface area contributed by atoms with Gasteiger partial charge in [0, 0.05) is 57.6 Å². The van der Waals surface area contributed by atoms with Gasteiger partial charge in [0.25, 0.3) is 5.91 Å². The second-order valence-corrected chi connectivity index (χ2v) is 7.63. The van der Waals surface area contributed by atoms with Gasteiger partial charge in [0.2, 0.25) is 0 Å². The first kappa shape index (κ1) is 18.1. The Kier molecular flexibility index (Phi) is 5.27. The first-order valence-electron chi connectivity index (χ1n) is 8.92. The van der Waals surface area contributed by atoms with Crippen molar-refractivity contribution in [1.82, 2.24) is 19.7 Å². The fraction of sp³-hybridized carbons (Fsp3) is 0.667. The molecule has 2 fully saturated rings. The summed E-state index contributed by atoms with van der Waals surface area (Å²) >= 11 is 0. The fourth-order valence-corrected chi connectivity index (χ4v) is 3.69. The van der Waals surface area contributed by atoms with Gasteiger partial charge in [-0.25, -0.2) is 4.98 Å². The predicted molar refractivity (Wildman–Crippen MR) is 98.0 cm³/mol. The second kappa shape index (κ2) is 7.27. The van der Waals surface area contributed by atoms with Crippen LogP contribution in [0.1, 0.15) is 16.8 Å². The van der Waals surface area contributed by atoms with Crippen molar-refractivity contribution in [2.45, 2.75) is 12.0 Å². The molecule has 1 N–H and O–H groups in total. The molecule has 0 unspecified atom stereocenters. The summed E-state index contributed by atoms with van der Waals surface area (Å²) in [5, 5.41) is 10.7. The van der Waals surface area contributed by atoms with Crippen LogP contribution in [-0.2, 0) is 0 Å². The summed E-state index contributed by atoms with van der Waals surface area (Å²) in [6.45, 7) is 5.27. The summed E-state index contributed by atoms with van der Waals surface area (Å²) in [7, 11) is 6.01. The first-order valence-corrected chi connectivity index (χ1v) is 8.92. The van der Waals surface area contributed by atoms with Crippen LogP contribution in [0.4, 0.5) is 5.82 Å². The third kappa shape index (κ3) is 4.29. The lowest BCUT2D eigenvalue weighted by molar-refractivity contribution is 0.0365. The number of piperazine rings is 1. The number of pyridine rings is 1. The molecule has 3 heterocycles. The van der Waals surface area contributed by atoms with Crippen LogP contribution in [-0.4, -0.2) is 103 Å². The molecular weight excluding hydrogens is 318 g/mol. The Labute approximate surface area is 149 Å². The molecule has 1 amide bonds. The quantitative estimate of drug-likeness (QED) is 0.825. The van der Waals surface area contributed by atoms with E-state index in [1.54, 1.807) is 12.3 Å². The number of hydrogen-bond acceptors (Lipinski definition) is 6. The zero-order chi connectivity index (χ0) is 18.0. The van der Waals surface area contributed by atoms with Crippen molar-refractivity contribution in [3.63, 3.8) is 0 Å². The minimum Gasteiger partial charge on any atom is -0.387 e. The van der Waals surface area contributed by atoms with Gasteiger partial charge in [0.1, 0.15) is 5.82 Å². The van der Waals surface area contributed by atoms with E-state index >= 15 is 0 Å². The van der Waals surface area contributed by atoms with E-state index in [1.807, 2.05) is 30.0 Å². The van der Waals surface area contributed by atoms with Crippen LogP contribution < -0.4 is 4.90 Å². The second-order valence-electron chi connectivity index (χ2n) is 7.63. The van der Waals surface area contributed by atoms with Crippen molar-refractivity contribution in [3.8, 4) is 0 Å². The molecule has 1 aromatic rings. The minimum atomic E-state index is -0.720. The maximum absolute atomic E-state index is 12.8. The van der Waals surface area contributed by atoms with Crippen molar-refractivity contribution >= 4 is 11.7 Å². The van der Waals surface area contributed by atoms with Crippen LogP contribution in [0.15, 0.2) is 18.3 Å². The van der Waals surface area contributed by atoms with Crippen molar-refractivity contribution < 1.29 is 9.90 Å². The number of likely N-dealkylation sites (N-methyl/N-ethyl adjacent to an activating group) is 2. The lowest BCUT2D eigenvalue weighted by atomic mass is 10.0. The van der Waals surface area contributed by atoms with Gasteiger partial charge in [-0.05, 0) is 39.7 Å². The van der Waals surface area contributed by atoms with E-state index in [4.69, 9.17) is 0 Å². The van der Waals surface area contributed by atoms with Crippen molar-refractivity contribution in [3.05, 3.63) is 23.9 Å². The number of aliphatic hydroxyl groups is 1. The molecule has 25 heavy (non-hydrogen) atoms. The fourth-order valence-electron chi connectivity index (χ4n) is 3.69. The molecule has 3 rings (SSSR count). The lowest BCUT2D eigenvalue weighted by Crippen LogP contribution is -2.47. The Hall–Kier alpha value is -1.70. The number of carbonyl (C=O) groups is 1. The van der Waals surface area contributed by atoms with Crippen LogP contribution in [0, 0.1) is 0 Å². The van der Waals surface area contributed by atoms with Crippen molar-refractivity contribution in [2.75, 3.05) is 71.9 Å². The summed E-state index contributed by atoms with van der Waals surface area (Å²) < 4.78 is 0. The Bertz CT molecular complexity index is 615. The monoisotopic (exact) mass is 347 g/mol. The van der Waals surface area contributed by atoms with Gasteiger partial charge < -0.3 is 24.7 Å². The maximum Gasteiger partial charge on any atom is 0.254 e. The van der Waals surface area contributed by atoms with Gasteiger partial charge in [0.05, 0.1) is 5.60 Å². The highest BCUT2D eigenvalue weighted by molar-refractivity contribution is 5.95. The smallest absolute Gasteiger partial charge is 0.254 e. The van der Waals surface area contributed by atoms with Gasteiger partial charge in [0.15, 0.2) is 0 Å². The molecule has 1 atom stereocenters. The highest BCUT2D eigenvalue weighted by Gasteiger charge is 2.37. The standard InChI is InChI=1S/C18H29N5O2/c1-20(2)13-18(25)5-7-23(14-18)16-12-15(4-6-19-16)17(24)22-10-8-21(3)9-11-22/h4,6,12,25H,5,7-11,13-14H2,1-3H3/t18-/m1/s1. The topological polar surface area (TPSA) is 63.2 Å². The van der Waals surface area contributed by atoms with Gasteiger partial charge in [-0.15, -0.1) is 0 Å². The molecule has 7 nitrogen and oxygen atoms in total. The Balaban J connectivity index is 1.69. The molecule has 0 radical (unpaired) electrons. The zero-order valence-corrected chi connectivity index (χ0v) is 15.5. The number of rotatable bonds is 4. The molecule has 0 aromatic carbocycles. The first-order chi connectivity index (χ1) is 11.9. The van der Waals surface area contributed by atoms with E-state index in [0.717, 1.165) is 38.5 Å². The van der Waals surface area contributed by atoms with E-state index in [2.05, 4.69) is 21.8 Å². The highest BCUT2D eigenvalue weighted by Crippen LogP contribution is 2.26. The average Bonchev–Trinajstić information content (AvgIpc) is 2.96. The zero-order valence-electron chi connectivity index (χ0n) is 15.5. The number of hydrogen-bond donors (Lipinski definition) is 1. The summed E-state index contributed by atoms with van der Waals surface area (Å²) in [6.07, 6.45) is 2.41. The Morgan fingerprint density at radius 3 is 2.68 bits per heavy atom. The number of carbonyl (C=O) groups excluding carboxylic acids is 1. The molecule has 0 bridgehead atoms. The number of aromatic nitrogens is 1. The van der Waals surface area contributed by atoms with E-state index in [-0.39, 0.29) is 5.91 Å². The molecule has 0 spiro atoms. The lowest BCUT2D eigenvalue weighted by Gasteiger charge is -2.32. The molecule has 7 heteroatoms. The van der Waals surface area contributed by atoms with E-state index < -0.39 is 5.60 Å². The highest BCUT2D eigenvalue weighted by atomic mass is 16.3. The SMILES string of the molecule is CN(C)C[C@]1(O)CCN(c2cc(C(=O)N3CCN(C)CC3)ccn2)C1. The molecule has 0 saturated carbocycles. The summed E-state index contributed by atoms with van der Waals surface area (Å²) in [4.78, 5) is 25.4. The molecule has 138 valence electrons. The molecule has 2 saturated heterocycles. The molecular formula is C18H29N5O2. The van der Waals surface area contributed by atoms with Crippen molar-refractivity contribution in [1.29, 1.82) is 0 Å². The predicted octanol–water partition coefficient (Wildman–Crippen LogP) is -0.0280. The van der Waals surface area contributed by atoms with Gasteiger partial charge in [-0.1, -0.05) is 0 Å². The van der Waals surface area contributed by atoms with Gasteiger partial charge in [-0.2, -0.15) is 0 Å². The minimum absolute atomic E-state index is 0.0690. The third-order valence-corrected chi connectivity index (χ3v) is 5.05. The summed E-state index contributed by atoms with van der Waals surface area (Å²) in [5.74, 6) is 0.842. The van der Waals surface area contributed by atoms with Gasteiger partial charge in [-0.3, -0.25) is 4.79 Å². The van der Waals surface area contributed by atoms with Crippen LogP contribution in [0.2, 0.25) is 0 Å². The summed E-state index contributed by atoms with van der Waals surface area (Å²) in [5.41, 5.74) is -0.0413. The molecule has 2 aliphatic rings. The van der Waals surface area contributed by atoms with E-state index in [1.165, 1.54) is 0 Å². The van der Waals surface area contributed by atoms with Crippen molar-refractivity contribution in [2.24, 2.45) is 0 Å². The number of anilines is 1. The summed E-state index contributed by atoms with van der Waals surface area (Å²) in [6, 6.07) is 3.65.